The fourth-order valence-corrected chi connectivity index (χ4v) is 1.73. The summed E-state index contributed by atoms with van der Waals surface area (Å²) < 4.78 is 6.57. The zero-order chi connectivity index (χ0) is 14.7. The highest BCUT2D eigenvalue weighted by Crippen LogP contribution is 2.13. The average molecular weight is 275 g/mol. The van der Waals surface area contributed by atoms with E-state index in [2.05, 4.69) is 15.1 Å². The third kappa shape index (κ3) is 2.83. The van der Waals surface area contributed by atoms with Gasteiger partial charge in [0.25, 0.3) is 5.78 Å². The van der Waals surface area contributed by atoms with E-state index in [9.17, 15) is 4.79 Å². The summed E-state index contributed by atoms with van der Waals surface area (Å²) in [6, 6.07) is 0. The van der Waals surface area contributed by atoms with Gasteiger partial charge in [-0.05, 0) is 13.0 Å². The Balaban J connectivity index is 2.62. The fourth-order valence-electron chi connectivity index (χ4n) is 1.73. The van der Waals surface area contributed by atoms with Crippen molar-refractivity contribution >= 4 is 17.6 Å². The minimum Gasteiger partial charge on any atom is -0.383 e. The number of methoxy groups -OCH3 is 1. The highest BCUT2D eigenvalue weighted by molar-refractivity contribution is 5.97. The van der Waals surface area contributed by atoms with Gasteiger partial charge in [0.2, 0.25) is 0 Å². The van der Waals surface area contributed by atoms with Crippen LogP contribution in [-0.4, -0.2) is 51.5 Å². The van der Waals surface area contributed by atoms with Crippen LogP contribution in [0.5, 0.6) is 0 Å². The van der Waals surface area contributed by atoms with Gasteiger partial charge in [-0.25, -0.2) is 4.98 Å². The second-order valence-corrected chi connectivity index (χ2v) is 4.57. The number of hydrogen-bond acceptors (Lipinski definition) is 6. The average Bonchev–Trinajstić information content (AvgIpc) is 2.78. The number of ketones is 1. The van der Waals surface area contributed by atoms with Gasteiger partial charge in [-0.2, -0.15) is 9.50 Å². The molecule has 0 aromatic carbocycles. The van der Waals surface area contributed by atoms with Gasteiger partial charge in [0.05, 0.1) is 11.3 Å². The number of ether oxygens (including phenoxy) is 1. The van der Waals surface area contributed by atoms with E-state index in [4.69, 9.17) is 4.74 Å². The molecule has 2 heterocycles. The number of carbonyl (C=O) groups is 1. The Labute approximate surface area is 116 Å². The molecule has 0 aliphatic heterocycles. The van der Waals surface area contributed by atoms with Gasteiger partial charge in [0.15, 0.2) is 11.6 Å². The summed E-state index contributed by atoms with van der Waals surface area (Å²) in [4.78, 5) is 22.0. The Kier molecular flexibility index (Phi) is 4.09. The molecule has 0 radical (unpaired) electrons. The van der Waals surface area contributed by atoms with Crippen LogP contribution in [0.2, 0.25) is 0 Å². The van der Waals surface area contributed by atoms with Gasteiger partial charge in [-0.1, -0.05) is 0 Å². The Bertz CT molecular complexity index is 660. The highest BCUT2D eigenvalue weighted by atomic mass is 16.5. The number of aromatic nitrogens is 4. The normalized spacial score (nSPS) is 11.4. The van der Waals surface area contributed by atoms with E-state index >= 15 is 0 Å². The highest BCUT2D eigenvalue weighted by Gasteiger charge is 2.14. The van der Waals surface area contributed by atoms with Crippen LogP contribution in [0.4, 0.5) is 0 Å². The molecular formula is C13H17N5O2. The lowest BCUT2D eigenvalue weighted by atomic mass is 10.1. The SMILES string of the molecule is COCc1nc2ncc(C(C)=O)c(/C=C/N(C)C)n2n1. The van der Waals surface area contributed by atoms with E-state index in [-0.39, 0.29) is 5.78 Å². The minimum atomic E-state index is -0.0680. The van der Waals surface area contributed by atoms with Gasteiger partial charge in [0.1, 0.15) is 6.61 Å². The zero-order valence-corrected chi connectivity index (χ0v) is 12.0. The minimum absolute atomic E-state index is 0.0680. The topological polar surface area (TPSA) is 72.6 Å². The van der Waals surface area contributed by atoms with E-state index in [0.29, 0.717) is 29.5 Å². The predicted molar refractivity (Wildman–Crippen MR) is 74.2 cm³/mol. The van der Waals surface area contributed by atoms with Crippen LogP contribution in [0, 0.1) is 0 Å². The maximum absolute atomic E-state index is 11.7. The van der Waals surface area contributed by atoms with Gasteiger partial charge in [-0.15, -0.1) is 5.10 Å². The predicted octanol–water partition coefficient (Wildman–Crippen LogP) is 1.01. The van der Waals surface area contributed by atoms with Gasteiger partial charge in [-0.3, -0.25) is 4.79 Å². The quantitative estimate of drug-likeness (QED) is 0.758. The van der Waals surface area contributed by atoms with Crippen LogP contribution in [0.25, 0.3) is 11.9 Å². The lowest BCUT2D eigenvalue weighted by Crippen LogP contribution is -2.07. The number of rotatable bonds is 5. The first-order valence-corrected chi connectivity index (χ1v) is 6.12. The molecule has 0 saturated carbocycles. The first-order valence-electron chi connectivity index (χ1n) is 6.12. The smallest absolute Gasteiger partial charge is 0.253 e. The second kappa shape index (κ2) is 5.79. The third-order valence-electron chi connectivity index (χ3n) is 2.63. The summed E-state index contributed by atoms with van der Waals surface area (Å²) in [5, 5.41) is 4.32. The van der Waals surface area contributed by atoms with Crippen molar-refractivity contribution in [3.05, 3.63) is 29.5 Å². The summed E-state index contributed by atoms with van der Waals surface area (Å²) in [5.41, 5.74) is 1.16. The van der Waals surface area contributed by atoms with Crippen LogP contribution in [0.15, 0.2) is 12.4 Å². The molecule has 0 spiro atoms. The molecule has 0 N–H and O–H groups in total. The molecule has 0 amide bonds. The molecule has 0 atom stereocenters. The summed E-state index contributed by atoms with van der Waals surface area (Å²) in [6.07, 6.45) is 5.19. The summed E-state index contributed by atoms with van der Waals surface area (Å²) in [6.45, 7) is 1.80. The number of fused-ring (bicyclic) bond motifs is 1. The maximum atomic E-state index is 11.7. The molecule has 7 heteroatoms. The van der Waals surface area contributed by atoms with E-state index in [1.165, 1.54) is 13.1 Å². The summed E-state index contributed by atoms with van der Waals surface area (Å²) >= 11 is 0. The Morgan fingerprint density at radius 3 is 2.85 bits per heavy atom. The molecule has 20 heavy (non-hydrogen) atoms. The lowest BCUT2D eigenvalue weighted by molar-refractivity contribution is 0.101. The van der Waals surface area contributed by atoms with Crippen molar-refractivity contribution < 1.29 is 9.53 Å². The Morgan fingerprint density at radius 1 is 1.50 bits per heavy atom. The molecule has 0 saturated heterocycles. The van der Waals surface area contributed by atoms with Gasteiger partial charge < -0.3 is 9.64 Å². The first-order chi connectivity index (χ1) is 9.52. The number of hydrogen-bond donors (Lipinski definition) is 0. The van der Waals surface area contributed by atoms with Crippen LogP contribution in [-0.2, 0) is 11.3 Å². The number of Topliss-reactive ketones (excluding diaryl/α,β-unsaturated/α-hetero) is 1. The first kappa shape index (κ1) is 14.1. The van der Waals surface area contributed by atoms with Crippen molar-refractivity contribution in [2.24, 2.45) is 0 Å². The van der Waals surface area contributed by atoms with E-state index in [1.807, 2.05) is 31.3 Å². The van der Waals surface area contributed by atoms with Crippen molar-refractivity contribution in [2.75, 3.05) is 21.2 Å². The van der Waals surface area contributed by atoms with Crippen LogP contribution >= 0.6 is 0 Å². The van der Waals surface area contributed by atoms with Crippen LogP contribution in [0.3, 0.4) is 0 Å². The molecular weight excluding hydrogens is 258 g/mol. The summed E-state index contributed by atoms with van der Waals surface area (Å²) in [7, 11) is 5.38. The van der Waals surface area contributed by atoms with Crippen molar-refractivity contribution in [1.82, 2.24) is 24.5 Å². The molecule has 2 aromatic heterocycles. The molecule has 2 rings (SSSR count). The van der Waals surface area contributed by atoms with E-state index in [1.54, 1.807) is 11.6 Å². The van der Waals surface area contributed by atoms with Crippen LogP contribution < -0.4 is 0 Å². The van der Waals surface area contributed by atoms with Gasteiger partial charge in [0, 0.05) is 33.6 Å². The number of carbonyl (C=O) groups excluding carboxylic acids is 1. The molecule has 7 nitrogen and oxygen atoms in total. The molecule has 0 aliphatic carbocycles. The van der Waals surface area contributed by atoms with Crippen molar-refractivity contribution in [2.45, 2.75) is 13.5 Å². The molecule has 0 aliphatic rings. The molecule has 0 bridgehead atoms. The maximum Gasteiger partial charge on any atom is 0.253 e. The fraction of sp³-hybridized carbons (Fsp3) is 0.385. The van der Waals surface area contributed by atoms with E-state index < -0.39 is 0 Å². The monoisotopic (exact) mass is 275 g/mol. The third-order valence-corrected chi connectivity index (χ3v) is 2.63. The van der Waals surface area contributed by atoms with Crippen molar-refractivity contribution in [3.8, 4) is 0 Å². The standard InChI is InChI=1S/C13H17N5O2/c1-9(19)10-7-14-13-15-12(8-20-4)16-18(13)11(10)5-6-17(2)3/h5-7H,8H2,1-4H3/b6-5+. The molecule has 2 aromatic rings. The van der Waals surface area contributed by atoms with Gasteiger partial charge >= 0.3 is 0 Å². The largest absolute Gasteiger partial charge is 0.383 e. The van der Waals surface area contributed by atoms with Crippen LogP contribution in [0.1, 0.15) is 28.8 Å². The number of nitrogens with zero attached hydrogens (tertiary/aromatic N) is 5. The zero-order valence-electron chi connectivity index (χ0n) is 12.0. The Morgan fingerprint density at radius 2 is 2.25 bits per heavy atom. The van der Waals surface area contributed by atoms with E-state index in [0.717, 1.165) is 0 Å². The Hall–Kier alpha value is -2.28. The molecule has 106 valence electrons. The second-order valence-electron chi connectivity index (χ2n) is 4.57. The summed E-state index contributed by atoms with van der Waals surface area (Å²) in [5.74, 6) is 0.905. The molecule has 0 fully saturated rings. The lowest BCUT2D eigenvalue weighted by Gasteiger charge is -2.06. The van der Waals surface area contributed by atoms with Crippen molar-refractivity contribution in [1.29, 1.82) is 0 Å². The molecule has 0 unspecified atom stereocenters. The van der Waals surface area contributed by atoms with Crippen molar-refractivity contribution in [3.63, 3.8) is 0 Å².